The summed E-state index contributed by atoms with van der Waals surface area (Å²) in [6.07, 6.45) is 7.05. The molecule has 0 aromatic heterocycles. The molecular formula is C13H23NO. The Morgan fingerprint density at radius 3 is 2.27 bits per heavy atom. The minimum Gasteiger partial charge on any atom is -0.345 e. The average Bonchev–Trinajstić information content (AvgIpc) is 2.12. The van der Waals surface area contributed by atoms with Gasteiger partial charge in [0.1, 0.15) is 0 Å². The molecule has 0 radical (unpaired) electrons. The number of terminal acetylenes is 1. The fraction of sp³-hybridized carbons (Fsp3) is 0.769. The number of hydrogen-bond acceptors (Lipinski definition) is 1. The van der Waals surface area contributed by atoms with Gasteiger partial charge in [0.05, 0.1) is 6.54 Å². The highest BCUT2D eigenvalue weighted by molar-refractivity contribution is 5.82. The molecule has 0 spiro atoms. The maximum Gasteiger partial charge on any atom is 0.226 e. The molecule has 0 rings (SSSR count). The summed E-state index contributed by atoms with van der Waals surface area (Å²) < 4.78 is 0. The van der Waals surface area contributed by atoms with Crippen LogP contribution in [0.4, 0.5) is 0 Å². The fourth-order valence-electron chi connectivity index (χ4n) is 1.77. The Hall–Kier alpha value is -0.970. The van der Waals surface area contributed by atoms with E-state index in [9.17, 15) is 4.79 Å². The molecule has 0 atom stereocenters. The highest BCUT2D eigenvalue weighted by Gasteiger charge is 2.33. The van der Waals surface area contributed by atoms with E-state index in [2.05, 4.69) is 32.0 Å². The van der Waals surface area contributed by atoms with Gasteiger partial charge in [0.15, 0.2) is 0 Å². The maximum atomic E-state index is 11.8. The summed E-state index contributed by atoms with van der Waals surface area (Å²) in [5.74, 6) is 2.46. The highest BCUT2D eigenvalue weighted by Crippen LogP contribution is 2.35. The summed E-state index contributed by atoms with van der Waals surface area (Å²) in [5.41, 5.74) is -0.159. The lowest BCUT2D eigenvalue weighted by atomic mass is 9.73. The predicted octanol–water partition coefficient (Wildman–Crippen LogP) is 2.59. The summed E-state index contributed by atoms with van der Waals surface area (Å²) in [6, 6.07) is 0. The van der Waals surface area contributed by atoms with E-state index in [1.165, 1.54) is 0 Å². The van der Waals surface area contributed by atoms with Crippen molar-refractivity contribution in [2.75, 3.05) is 6.54 Å². The zero-order valence-electron chi connectivity index (χ0n) is 10.6. The largest absolute Gasteiger partial charge is 0.345 e. The summed E-state index contributed by atoms with van der Waals surface area (Å²) in [6.45, 7) is 10.8. The van der Waals surface area contributed by atoms with Crippen molar-refractivity contribution in [3.63, 3.8) is 0 Å². The number of amides is 1. The van der Waals surface area contributed by atoms with E-state index in [0.29, 0.717) is 6.54 Å². The lowest BCUT2D eigenvalue weighted by Crippen LogP contribution is -2.39. The van der Waals surface area contributed by atoms with Crippen molar-refractivity contribution < 1.29 is 4.79 Å². The molecule has 0 aromatic carbocycles. The van der Waals surface area contributed by atoms with Crippen LogP contribution in [0, 0.1) is 23.2 Å². The van der Waals surface area contributed by atoms with Crippen LogP contribution in [0.1, 0.15) is 47.5 Å². The molecule has 0 aromatic rings. The van der Waals surface area contributed by atoms with Gasteiger partial charge >= 0.3 is 0 Å². The van der Waals surface area contributed by atoms with Crippen LogP contribution in [0.15, 0.2) is 0 Å². The normalized spacial score (nSPS) is 12.0. The topological polar surface area (TPSA) is 29.1 Å². The lowest BCUT2D eigenvalue weighted by Gasteiger charge is -2.33. The molecule has 0 aliphatic rings. The van der Waals surface area contributed by atoms with Gasteiger partial charge in [0, 0.05) is 5.41 Å². The van der Waals surface area contributed by atoms with Crippen molar-refractivity contribution in [2.45, 2.75) is 47.5 Å². The summed E-state index contributed by atoms with van der Waals surface area (Å²) >= 11 is 0. The number of hydrogen-bond donors (Lipinski definition) is 1. The van der Waals surface area contributed by atoms with E-state index in [1.807, 2.05) is 13.8 Å². The molecule has 0 bridgehead atoms. The first kappa shape index (κ1) is 14.0. The monoisotopic (exact) mass is 209 g/mol. The van der Waals surface area contributed by atoms with Crippen LogP contribution in [0.2, 0.25) is 0 Å². The first-order chi connectivity index (χ1) is 6.75. The highest BCUT2D eigenvalue weighted by atomic mass is 16.2. The van der Waals surface area contributed by atoms with Crippen molar-refractivity contribution >= 4 is 5.91 Å². The molecule has 0 aliphatic carbocycles. The molecule has 15 heavy (non-hydrogen) atoms. The van der Waals surface area contributed by atoms with E-state index in [4.69, 9.17) is 6.42 Å². The molecule has 1 N–H and O–H groups in total. The molecule has 2 heteroatoms. The van der Waals surface area contributed by atoms with Crippen LogP contribution in [0.3, 0.4) is 0 Å². The van der Waals surface area contributed by atoms with E-state index in [1.54, 1.807) is 0 Å². The number of carbonyl (C=O) groups is 1. The molecular weight excluding hydrogens is 186 g/mol. The molecule has 0 aliphatic heterocycles. The van der Waals surface area contributed by atoms with E-state index >= 15 is 0 Å². The standard InChI is InChI=1S/C13H23NO/c1-7-9-14-11(15)13(5,6)10-12(3,4)8-2/h1H,8-10H2,2-6H3,(H,14,15). The fourth-order valence-corrected chi connectivity index (χ4v) is 1.77. The summed E-state index contributed by atoms with van der Waals surface area (Å²) in [5, 5.41) is 2.74. The number of carbonyl (C=O) groups excluding carboxylic acids is 1. The SMILES string of the molecule is C#CCNC(=O)C(C)(C)CC(C)(C)CC. The van der Waals surface area contributed by atoms with Crippen molar-refractivity contribution in [1.29, 1.82) is 0 Å². The third-order valence-corrected chi connectivity index (χ3v) is 2.84. The number of rotatable bonds is 5. The van der Waals surface area contributed by atoms with Gasteiger partial charge < -0.3 is 5.32 Å². The maximum absolute atomic E-state index is 11.8. The van der Waals surface area contributed by atoms with Crippen LogP contribution < -0.4 is 5.32 Å². The average molecular weight is 209 g/mol. The zero-order chi connectivity index (χ0) is 12.1. The molecule has 0 fully saturated rings. The van der Waals surface area contributed by atoms with Gasteiger partial charge in [-0.2, -0.15) is 0 Å². The van der Waals surface area contributed by atoms with Crippen LogP contribution in [-0.2, 0) is 4.79 Å². The van der Waals surface area contributed by atoms with Crippen molar-refractivity contribution in [1.82, 2.24) is 5.32 Å². The van der Waals surface area contributed by atoms with Crippen LogP contribution in [-0.4, -0.2) is 12.5 Å². The van der Waals surface area contributed by atoms with Gasteiger partial charge in [0.25, 0.3) is 0 Å². The smallest absolute Gasteiger partial charge is 0.226 e. The minimum absolute atomic E-state index is 0.0435. The molecule has 86 valence electrons. The van der Waals surface area contributed by atoms with Gasteiger partial charge in [-0.1, -0.05) is 47.0 Å². The van der Waals surface area contributed by atoms with E-state index < -0.39 is 0 Å². The van der Waals surface area contributed by atoms with Gasteiger partial charge in [-0.3, -0.25) is 4.79 Å². The third-order valence-electron chi connectivity index (χ3n) is 2.84. The van der Waals surface area contributed by atoms with E-state index in [-0.39, 0.29) is 16.7 Å². The molecule has 0 unspecified atom stereocenters. The second-order valence-corrected chi connectivity index (χ2v) is 5.47. The van der Waals surface area contributed by atoms with Gasteiger partial charge in [-0.05, 0) is 11.8 Å². The predicted molar refractivity (Wildman–Crippen MR) is 64.3 cm³/mol. The minimum atomic E-state index is -0.351. The third kappa shape index (κ3) is 4.88. The van der Waals surface area contributed by atoms with Crippen LogP contribution in [0.25, 0.3) is 0 Å². The lowest BCUT2D eigenvalue weighted by molar-refractivity contribution is -0.130. The second kappa shape index (κ2) is 5.21. The quantitative estimate of drug-likeness (QED) is 0.693. The van der Waals surface area contributed by atoms with E-state index in [0.717, 1.165) is 12.8 Å². The first-order valence-corrected chi connectivity index (χ1v) is 5.47. The Morgan fingerprint density at radius 1 is 1.33 bits per heavy atom. The van der Waals surface area contributed by atoms with Gasteiger partial charge in [0.2, 0.25) is 5.91 Å². The van der Waals surface area contributed by atoms with Gasteiger partial charge in [-0.25, -0.2) is 0 Å². The summed E-state index contributed by atoms with van der Waals surface area (Å²) in [4.78, 5) is 11.8. The molecule has 2 nitrogen and oxygen atoms in total. The Kier molecular flexibility index (Phi) is 4.87. The van der Waals surface area contributed by atoms with Crippen molar-refractivity contribution in [3.05, 3.63) is 0 Å². The van der Waals surface area contributed by atoms with Crippen molar-refractivity contribution in [2.24, 2.45) is 10.8 Å². The Labute approximate surface area is 93.8 Å². The summed E-state index contributed by atoms with van der Waals surface area (Å²) in [7, 11) is 0. The Bertz CT molecular complexity index is 258. The zero-order valence-corrected chi connectivity index (χ0v) is 10.6. The van der Waals surface area contributed by atoms with Crippen molar-refractivity contribution in [3.8, 4) is 12.3 Å². The molecule has 1 amide bonds. The second-order valence-electron chi connectivity index (χ2n) is 5.47. The molecule has 0 saturated heterocycles. The van der Waals surface area contributed by atoms with Gasteiger partial charge in [-0.15, -0.1) is 6.42 Å². The van der Waals surface area contributed by atoms with Crippen LogP contribution >= 0.6 is 0 Å². The first-order valence-electron chi connectivity index (χ1n) is 5.47. The Balaban J connectivity index is 4.42. The van der Waals surface area contributed by atoms with Crippen LogP contribution in [0.5, 0.6) is 0 Å². The molecule has 0 heterocycles. The molecule has 0 saturated carbocycles. The Morgan fingerprint density at radius 2 is 1.87 bits per heavy atom. The number of nitrogens with one attached hydrogen (secondary N) is 1.